The number of nitrogens with two attached hydrogens (primary N) is 1. The Hall–Kier alpha value is -2.54. The van der Waals surface area contributed by atoms with Gasteiger partial charge in [0.25, 0.3) is 0 Å². The van der Waals surface area contributed by atoms with Gasteiger partial charge in [0.15, 0.2) is 0 Å². The highest BCUT2D eigenvalue weighted by Gasteiger charge is 2.48. The maximum absolute atomic E-state index is 13.8. The van der Waals surface area contributed by atoms with Crippen LogP contribution in [-0.4, -0.2) is 19.2 Å². The van der Waals surface area contributed by atoms with E-state index in [9.17, 15) is 18.0 Å². The predicted molar refractivity (Wildman–Crippen MR) is 86.3 cm³/mol. The third-order valence-corrected chi connectivity index (χ3v) is 4.44. The van der Waals surface area contributed by atoms with E-state index < -0.39 is 24.0 Å². The van der Waals surface area contributed by atoms with Crippen molar-refractivity contribution in [3.8, 4) is 5.75 Å². The van der Waals surface area contributed by atoms with Crippen LogP contribution in [-0.2, 0) is 6.54 Å². The lowest BCUT2D eigenvalue weighted by molar-refractivity contribution is -0.157. The number of ether oxygens (including phenoxy) is 1. The van der Waals surface area contributed by atoms with Crippen molar-refractivity contribution < 1.29 is 22.7 Å². The minimum Gasteiger partial charge on any atom is -0.497 e. The lowest BCUT2D eigenvalue weighted by Crippen LogP contribution is -2.31. The number of amides is 1. The van der Waals surface area contributed by atoms with Crippen LogP contribution >= 0.6 is 0 Å². The zero-order chi connectivity index (χ0) is 18.2. The first kappa shape index (κ1) is 17.3. The summed E-state index contributed by atoms with van der Waals surface area (Å²) in [5, 5.41) is 2.92. The summed E-state index contributed by atoms with van der Waals surface area (Å²) >= 11 is 0. The maximum atomic E-state index is 13.8. The number of rotatable bonds is 4. The Morgan fingerprint density at radius 1 is 1.24 bits per heavy atom. The topological polar surface area (TPSA) is 64.3 Å². The number of hydrogen-bond acceptors (Lipinski definition) is 3. The Kier molecular flexibility index (Phi) is 4.43. The van der Waals surface area contributed by atoms with Crippen molar-refractivity contribution in [1.29, 1.82) is 0 Å². The largest absolute Gasteiger partial charge is 0.497 e. The maximum Gasteiger partial charge on any atom is 0.397 e. The molecule has 132 valence electrons. The summed E-state index contributed by atoms with van der Waals surface area (Å²) in [7, 11) is 1.46. The number of nitrogens with one attached hydrogen (secondary N) is 1. The molecule has 1 amide bonds. The number of carbonyl (C=O) groups excluding carboxylic acids is 1. The van der Waals surface area contributed by atoms with Crippen molar-refractivity contribution in [1.82, 2.24) is 5.32 Å². The highest BCUT2D eigenvalue weighted by Crippen LogP contribution is 2.46. The SMILES string of the molecule is COc1ccc([C@H](C2NCc3cc(C(N)=O)ccc32)C(F)(F)F)cc1. The molecular weight excluding hydrogens is 333 g/mol. The number of benzene rings is 2. The van der Waals surface area contributed by atoms with Crippen LogP contribution in [0, 0.1) is 0 Å². The third kappa shape index (κ3) is 3.32. The van der Waals surface area contributed by atoms with E-state index in [1.807, 2.05) is 0 Å². The van der Waals surface area contributed by atoms with Gasteiger partial charge in [-0.05, 0) is 41.0 Å². The van der Waals surface area contributed by atoms with Gasteiger partial charge in [0, 0.05) is 18.2 Å². The average Bonchev–Trinajstić information content (AvgIpc) is 2.97. The normalized spacial score (nSPS) is 17.8. The first-order chi connectivity index (χ1) is 11.8. The summed E-state index contributed by atoms with van der Waals surface area (Å²) in [6, 6.07) is 9.51. The summed E-state index contributed by atoms with van der Waals surface area (Å²) in [6.45, 7) is 0.254. The Bertz CT molecular complexity index is 788. The molecule has 2 aromatic carbocycles. The fraction of sp³-hybridized carbons (Fsp3) is 0.278. The quantitative estimate of drug-likeness (QED) is 0.889. The molecule has 0 radical (unpaired) electrons. The Balaban J connectivity index is 2.01. The summed E-state index contributed by atoms with van der Waals surface area (Å²) in [6.07, 6.45) is -4.43. The van der Waals surface area contributed by atoms with Gasteiger partial charge in [0.2, 0.25) is 5.91 Å². The molecule has 3 rings (SSSR count). The molecule has 1 aliphatic rings. The smallest absolute Gasteiger partial charge is 0.397 e. The van der Waals surface area contributed by atoms with Crippen LogP contribution in [0.1, 0.15) is 39.0 Å². The van der Waals surface area contributed by atoms with Crippen molar-refractivity contribution in [2.75, 3.05) is 7.11 Å². The molecule has 0 bridgehead atoms. The van der Waals surface area contributed by atoms with Gasteiger partial charge in [0.1, 0.15) is 5.75 Å². The van der Waals surface area contributed by atoms with Crippen molar-refractivity contribution in [2.24, 2.45) is 5.73 Å². The van der Waals surface area contributed by atoms with Crippen molar-refractivity contribution in [3.05, 3.63) is 64.7 Å². The zero-order valence-electron chi connectivity index (χ0n) is 13.4. The fourth-order valence-corrected chi connectivity index (χ4v) is 3.22. The summed E-state index contributed by atoms with van der Waals surface area (Å²) in [5.74, 6) is -1.82. The zero-order valence-corrected chi connectivity index (χ0v) is 13.4. The van der Waals surface area contributed by atoms with Gasteiger partial charge in [-0.1, -0.05) is 18.2 Å². The van der Waals surface area contributed by atoms with E-state index in [1.165, 1.54) is 37.4 Å². The number of fused-ring (bicyclic) bond motifs is 1. The fourth-order valence-electron chi connectivity index (χ4n) is 3.22. The molecular formula is C18H17F3N2O2. The highest BCUT2D eigenvalue weighted by molar-refractivity contribution is 5.93. The molecule has 0 fully saturated rings. The number of alkyl halides is 3. The van der Waals surface area contributed by atoms with Crippen molar-refractivity contribution in [3.63, 3.8) is 0 Å². The van der Waals surface area contributed by atoms with Gasteiger partial charge in [-0.25, -0.2) is 0 Å². The summed E-state index contributed by atoms with van der Waals surface area (Å²) < 4.78 is 46.4. The predicted octanol–water partition coefficient (Wildman–Crippen LogP) is 3.28. The molecule has 0 spiro atoms. The van der Waals surface area contributed by atoms with Crippen LogP contribution in [0.25, 0.3) is 0 Å². The molecule has 4 nitrogen and oxygen atoms in total. The molecule has 3 N–H and O–H groups in total. The Morgan fingerprint density at radius 3 is 2.48 bits per heavy atom. The summed E-state index contributed by atoms with van der Waals surface area (Å²) in [5.41, 5.74) is 6.86. The minimum atomic E-state index is -4.43. The Labute approximate surface area is 142 Å². The first-order valence-electron chi connectivity index (χ1n) is 7.68. The van der Waals surface area contributed by atoms with Gasteiger partial charge in [-0.3, -0.25) is 4.79 Å². The van der Waals surface area contributed by atoms with Crippen LogP contribution in [0.2, 0.25) is 0 Å². The summed E-state index contributed by atoms with van der Waals surface area (Å²) in [4.78, 5) is 11.3. The third-order valence-electron chi connectivity index (χ3n) is 4.44. The van der Waals surface area contributed by atoms with Gasteiger partial charge in [0.05, 0.1) is 13.0 Å². The number of carbonyl (C=O) groups is 1. The molecule has 0 saturated carbocycles. The second kappa shape index (κ2) is 6.40. The molecule has 1 heterocycles. The number of primary amides is 1. The number of hydrogen-bond donors (Lipinski definition) is 2. The molecule has 0 aliphatic carbocycles. The van der Waals surface area contributed by atoms with Gasteiger partial charge in [-0.2, -0.15) is 13.2 Å². The lowest BCUT2D eigenvalue weighted by Gasteiger charge is -2.27. The molecule has 0 saturated heterocycles. The van der Waals surface area contributed by atoms with Crippen LogP contribution in [0.15, 0.2) is 42.5 Å². The Morgan fingerprint density at radius 2 is 1.92 bits per heavy atom. The van der Waals surface area contributed by atoms with E-state index in [0.29, 0.717) is 16.9 Å². The van der Waals surface area contributed by atoms with E-state index in [0.717, 1.165) is 0 Å². The second-order valence-electron chi connectivity index (χ2n) is 5.93. The van der Waals surface area contributed by atoms with Crippen molar-refractivity contribution >= 4 is 5.91 Å². The first-order valence-corrected chi connectivity index (χ1v) is 7.68. The van der Waals surface area contributed by atoms with E-state index >= 15 is 0 Å². The van der Waals surface area contributed by atoms with Crippen LogP contribution in [0.3, 0.4) is 0 Å². The molecule has 25 heavy (non-hydrogen) atoms. The van der Waals surface area contributed by atoms with Crippen LogP contribution in [0.4, 0.5) is 13.2 Å². The molecule has 1 unspecified atom stereocenters. The van der Waals surface area contributed by atoms with Gasteiger partial charge < -0.3 is 15.8 Å². The van der Waals surface area contributed by atoms with Gasteiger partial charge >= 0.3 is 6.18 Å². The molecule has 2 aromatic rings. The molecule has 1 aliphatic heterocycles. The lowest BCUT2D eigenvalue weighted by atomic mass is 9.86. The standard InChI is InChI=1S/C18H17F3N2O2/c1-25-13-5-2-10(3-6-13)15(18(19,20)21)16-14-7-4-11(17(22)24)8-12(14)9-23-16/h2-8,15-16,23H,9H2,1H3,(H2,22,24)/t15-,16?/m1/s1. The van der Waals surface area contributed by atoms with E-state index in [-0.39, 0.29) is 17.7 Å². The molecule has 7 heteroatoms. The van der Waals surface area contributed by atoms with Crippen LogP contribution in [0.5, 0.6) is 5.75 Å². The van der Waals surface area contributed by atoms with Gasteiger partial charge in [-0.15, -0.1) is 0 Å². The van der Waals surface area contributed by atoms with E-state index in [4.69, 9.17) is 10.5 Å². The monoisotopic (exact) mass is 350 g/mol. The van der Waals surface area contributed by atoms with Crippen molar-refractivity contribution in [2.45, 2.75) is 24.7 Å². The van der Waals surface area contributed by atoms with E-state index in [2.05, 4.69) is 5.32 Å². The molecule has 0 aromatic heterocycles. The second-order valence-corrected chi connectivity index (χ2v) is 5.93. The average molecular weight is 350 g/mol. The highest BCUT2D eigenvalue weighted by atomic mass is 19.4. The number of halogens is 3. The number of methoxy groups -OCH3 is 1. The van der Waals surface area contributed by atoms with Crippen LogP contribution < -0.4 is 15.8 Å². The minimum absolute atomic E-state index is 0.151. The molecule has 2 atom stereocenters. The van der Waals surface area contributed by atoms with E-state index in [1.54, 1.807) is 12.1 Å².